The zero-order chi connectivity index (χ0) is 14.0. The average molecular weight is 296 g/mol. The van der Waals surface area contributed by atoms with E-state index in [0.717, 1.165) is 17.2 Å². The van der Waals surface area contributed by atoms with Crippen molar-refractivity contribution in [1.29, 1.82) is 0 Å². The lowest BCUT2D eigenvalue weighted by molar-refractivity contribution is 0.102. The molecule has 6 nitrogen and oxygen atoms in total. The summed E-state index contributed by atoms with van der Waals surface area (Å²) in [5.74, 6) is 0.592. The number of hydrogen-bond acceptors (Lipinski definition) is 4. The van der Waals surface area contributed by atoms with Gasteiger partial charge in [-0.3, -0.25) is 9.48 Å². The van der Waals surface area contributed by atoms with Crippen LogP contribution in [-0.2, 0) is 7.05 Å². The number of carbonyl (C=O) groups excluding carboxylic acids is 1. The normalized spacial score (nSPS) is 9.80. The van der Waals surface area contributed by atoms with Crippen LogP contribution in [0.25, 0.3) is 0 Å². The summed E-state index contributed by atoms with van der Waals surface area (Å²) in [5.41, 5.74) is 2.83. The van der Waals surface area contributed by atoms with Gasteiger partial charge in [-0.25, -0.2) is 4.98 Å². The summed E-state index contributed by atoms with van der Waals surface area (Å²) < 4.78 is 1.70. The highest BCUT2D eigenvalue weighted by Gasteiger charge is 2.17. The number of pyridine rings is 1. The molecule has 1 amide bonds. The second-order valence-corrected chi connectivity index (χ2v) is 4.31. The van der Waals surface area contributed by atoms with Crippen LogP contribution in [0.2, 0.25) is 0 Å². The van der Waals surface area contributed by atoms with E-state index in [2.05, 4.69) is 20.7 Å². The van der Waals surface area contributed by atoms with E-state index in [9.17, 15) is 4.79 Å². The van der Waals surface area contributed by atoms with Crippen molar-refractivity contribution in [2.75, 3.05) is 17.7 Å². The van der Waals surface area contributed by atoms with Gasteiger partial charge in [-0.2, -0.15) is 5.10 Å². The first-order valence-corrected chi connectivity index (χ1v) is 5.98. The molecule has 20 heavy (non-hydrogen) atoms. The third-order valence-corrected chi connectivity index (χ3v) is 3.01. The Morgan fingerprint density at radius 3 is 2.45 bits per heavy atom. The molecule has 7 heteroatoms. The summed E-state index contributed by atoms with van der Waals surface area (Å²) in [4.78, 5) is 16.4. The quantitative estimate of drug-likeness (QED) is 0.910. The van der Waals surface area contributed by atoms with E-state index < -0.39 is 0 Å². The molecule has 0 aliphatic carbocycles. The van der Waals surface area contributed by atoms with Crippen molar-refractivity contribution >= 4 is 29.8 Å². The molecule has 0 radical (unpaired) electrons. The van der Waals surface area contributed by atoms with Crippen LogP contribution in [0.4, 0.5) is 11.5 Å². The van der Waals surface area contributed by atoms with Gasteiger partial charge in [0.1, 0.15) is 5.82 Å². The van der Waals surface area contributed by atoms with E-state index in [1.54, 1.807) is 30.1 Å². The van der Waals surface area contributed by atoms with Crippen molar-refractivity contribution in [2.45, 2.75) is 13.8 Å². The molecule has 0 aliphatic heterocycles. The van der Waals surface area contributed by atoms with Crippen LogP contribution in [0.3, 0.4) is 0 Å². The second-order valence-electron chi connectivity index (χ2n) is 4.31. The fraction of sp³-hybridized carbons (Fsp3) is 0.308. The average Bonchev–Trinajstić information content (AvgIpc) is 2.64. The molecule has 0 spiro atoms. The van der Waals surface area contributed by atoms with Crippen molar-refractivity contribution in [3.63, 3.8) is 0 Å². The third-order valence-electron chi connectivity index (χ3n) is 3.01. The molecule has 0 unspecified atom stereocenters. The molecule has 0 bridgehead atoms. The maximum Gasteiger partial charge on any atom is 0.259 e. The third kappa shape index (κ3) is 3.08. The van der Waals surface area contributed by atoms with Crippen LogP contribution < -0.4 is 10.6 Å². The van der Waals surface area contributed by atoms with Crippen LogP contribution in [-0.4, -0.2) is 27.7 Å². The molecule has 2 aromatic heterocycles. The lowest BCUT2D eigenvalue weighted by Crippen LogP contribution is -2.14. The number of rotatable bonds is 3. The van der Waals surface area contributed by atoms with Gasteiger partial charge in [-0.1, -0.05) is 0 Å². The number of nitrogens with zero attached hydrogens (tertiary/aromatic N) is 3. The number of nitrogens with one attached hydrogen (secondary N) is 2. The molecule has 0 aromatic carbocycles. The smallest absolute Gasteiger partial charge is 0.259 e. The first-order valence-electron chi connectivity index (χ1n) is 5.98. The Labute approximate surface area is 124 Å². The van der Waals surface area contributed by atoms with E-state index in [4.69, 9.17) is 0 Å². The Morgan fingerprint density at radius 2 is 2.00 bits per heavy atom. The Bertz CT molecular complexity index is 606. The molecule has 0 saturated heterocycles. The minimum Gasteiger partial charge on any atom is -0.373 e. The van der Waals surface area contributed by atoms with Crippen molar-refractivity contribution in [1.82, 2.24) is 14.8 Å². The standard InChI is InChI=1S/C13H17N5O.ClH/c1-8-12(9(2)18(4)17-8)13(19)16-10-5-6-11(14-3)15-7-10;/h5-7H,1-4H3,(H,14,15)(H,16,19);1H. The van der Waals surface area contributed by atoms with Gasteiger partial charge in [0.15, 0.2) is 0 Å². The molecule has 0 fully saturated rings. The van der Waals surface area contributed by atoms with Gasteiger partial charge in [0.2, 0.25) is 0 Å². The minimum atomic E-state index is -0.165. The predicted molar refractivity (Wildman–Crippen MR) is 81.7 cm³/mol. The summed E-state index contributed by atoms with van der Waals surface area (Å²) >= 11 is 0. The van der Waals surface area contributed by atoms with Crippen LogP contribution in [0.5, 0.6) is 0 Å². The number of amides is 1. The number of aryl methyl sites for hydroxylation is 2. The Balaban J connectivity index is 0.00000200. The fourth-order valence-corrected chi connectivity index (χ4v) is 1.91. The molecule has 2 N–H and O–H groups in total. The lowest BCUT2D eigenvalue weighted by Gasteiger charge is -2.06. The molecule has 2 rings (SSSR count). The van der Waals surface area contributed by atoms with E-state index in [-0.39, 0.29) is 18.3 Å². The summed E-state index contributed by atoms with van der Waals surface area (Å²) in [6, 6.07) is 3.61. The Hall–Kier alpha value is -2.08. The number of carbonyl (C=O) groups is 1. The summed E-state index contributed by atoms with van der Waals surface area (Å²) in [6.07, 6.45) is 1.62. The van der Waals surface area contributed by atoms with E-state index in [1.165, 1.54) is 0 Å². The Kier molecular flexibility index (Phi) is 5.10. The second kappa shape index (κ2) is 6.38. The van der Waals surface area contributed by atoms with Gasteiger partial charge in [0.05, 0.1) is 23.1 Å². The van der Waals surface area contributed by atoms with Crippen LogP contribution >= 0.6 is 12.4 Å². The Morgan fingerprint density at radius 1 is 1.30 bits per heavy atom. The maximum absolute atomic E-state index is 12.2. The zero-order valence-electron chi connectivity index (χ0n) is 11.9. The molecule has 2 aromatic rings. The molecule has 108 valence electrons. The highest BCUT2D eigenvalue weighted by Crippen LogP contribution is 2.15. The van der Waals surface area contributed by atoms with Crippen LogP contribution in [0, 0.1) is 13.8 Å². The summed E-state index contributed by atoms with van der Waals surface area (Å²) in [5, 5.41) is 9.98. The number of anilines is 2. The van der Waals surface area contributed by atoms with Crippen molar-refractivity contribution in [3.05, 3.63) is 35.3 Å². The highest BCUT2D eigenvalue weighted by molar-refractivity contribution is 6.05. The van der Waals surface area contributed by atoms with Crippen molar-refractivity contribution < 1.29 is 4.79 Å². The monoisotopic (exact) mass is 295 g/mol. The van der Waals surface area contributed by atoms with E-state index in [1.807, 2.05) is 20.9 Å². The largest absolute Gasteiger partial charge is 0.373 e. The van der Waals surface area contributed by atoms with Gasteiger partial charge in [0.25, 0.3) is 5.91 Å². The zero-order valence-corrected chi connectivity index (χ0v) is 12.7. The molecule has 0 atom stereocenters. The van der Waals surface area contributed by atoms with E-state index >= 15 is 0 Å². The predicted octanol–water partition coefficient (Wildman–Crippen LogP) is 2.15. The number of halogens is 1. The maximum atomic E-state index is 12.2. The van der Waals surface area contributed by atoms with Crippen molar-refractivity contribution in [3.8, 4) is 0 Å². The first-order chi connectivity index (χ1) is 9.02. The van der Waals surface area contributed by atoms with Gasteiger partial charge < -0.3 is 10.6 Å². The van der Waals surface area contributed by atoms with Crippen molar-refractivity contribution in [2.24, 2.45) is 7.05 Å². The first kappa shape index (κ1) is 16.0. The van der Waals surface area contributed by atoms with Crippen LogP contribution in [0.1, 0.15) is 21.7 Å². The highest BCUT2D eigenvalue weighted by atomic mass is 35.5. The summed E-state index contributed by atoms with van der Waals surface area (Å²) in [6.45, 7) is 3.70. The fourth-order valence-electron chi connectivity index (χ4n) is 1.91. The SMILES string of the molecule is CNc1ccc(NC(=O)c2c(C)nn(C)c2C)cn1.Cl. The molecular formula is C13H18ClN5O. The number of hydrogen-bond donors (Lipinski definition) is 2. The van der Waals surface area contributed by atoms with Gasteiger partial charge >= 0.3 is 0 Å². The molecule has 0 saturated carbocycles. The molecular weight excluding hydrogens is 278 g/mol. The molecule has 0 aliphatic rings. The van der Waals surface area contributed by atoms with Gasteiger partial charge in [-0.05, 0) is 26.0 Å². The van der Waals surface area contributed by atoms with E-state index in [0.29, 0.717) is 11.3 Å². The topological polar surface area (TPSA) is 71.8 Å². The number of aromatic nitrogens is 3. The lowest BCUT2D eigenvalue weighted by atomic mass is 10.2. The summed E-state index contributed by atoms with van der Waals surface area (Å²) in [7, 11) is 3.62. The van der Waals surface area contributed by atoms with Crippen LogP contribution in [0.15, 0.2) is 18.3 Å². The van der Waals surface area contributed by atoms with Gasteiger partial charge in [0, 0.05) is 19.8 Å². The van der Waals surface area contributed by atoms with Gasteiger partial charge in [-0.15, -0.1) is 12.4 Å². The molecule has 2 heterocycles. The minimum absolute atomic E-state index is 0.